The smallest absolute Gasteiger partial charge is 0.274 e. The predicted molar refractivity (Wildman–Crippen MR) is 85.7 cm³/mol. The number of rotatable bonds is 2. The van der Waals surface area contributed by atoms with E-state index in [4.69, 9.17) is 4.74 Å². The summed E-state index contributed by atoms with van der Waals surface area (Å²) in [6.45, 7) is 4.92. The molecule has 1 aliphatic rings. The quantitative estimate of drug-likeness (QED) is 0.842. The average Bonchev–Trinajstić information content (AvgIpc) is 2.54. The summed E-state index contributed by atoms with van der Waals surface area (Å²) >= 11 is 0. The van der Waals surface area contributed by atoms with E-state index in [9.17, 15) is 9.59 Å². The van der Waals surface area contributed by atoms with Crippen molar-refractivity contribution in [3.05, 3.63) is 58.5 Å². The lowest BCUT2D eigenvalue weighted by atomic mass is 10.2. The molecule has 1 aromatic heterocycles. The molecule has 120 valence electrons. The molecule has 0 spiro atoms. The zero-order valence-corrected chi connectivity index (χ0v) is 13.2. The zero-order chi connectivity index (χ0) is 16.4. The van der Waals surface area contributed by atoms with Gasteiger partial charge in [0.05, 0.1) is 17.9 Å². The highest BCUT2D eigenvalue weighted by Crippen LogP contribution is 2.13. The number of nitrogens with zero attached hydrogens (tertiary/aromatic N) is 3. The summed E-state index contributed by atoms with van der Waals surface area (Å²) in [5, 5.41) is 4.24. The van der Waals surface area contributed by atoms with Crippen LogP contribution in [0.25, 0.3) is 5.69 Å². The number of ether oxygens (including phenoxy) is 1. The van der Waals surface area contributed by atoms with Gasteiger partial charge in [-0.3, -0.25) is 9.59 Å². The largest absolute Gasteiger partial charge is 0.372 e. The first-order valence-corrected chi connectivity index (χ1v) is 7.65. The number of para-hydroxylation sites is 1. The van der Waals surface area contributed by atoms with E-state index in [1.807, 2.05) is 32.0 Å². The molecule has 0 aliphatic carbocycles. The Morgan fingerprint density at radius 2 is 1.74 bits per heavy atom. The second-order valence-electron chi connectivity index (χ2n) is 5.77. The Balaban J connectivity index is 1.92. The van der Waals surface area contributed by atoms with Crippen LogP contribution >= 0.6 is 0 Å². The van der Waals surface area contributed by atoms with Crippen molar-refractivity contribution >= 4 is 5.91 Å². The number of hydrogen-bond donors (Lipinski definition) is 0. The highest BCUT2D eigenvalue weighted by molar-refractivity contribution is 5.92. The van der Waals surface area contributed by atoms with E-state index in [1.54, 1.807) is 17.0 Å². The lowest BCUT2D eigenvalue weighted by Crippen LogP contribution is -2.48. The summed E-state index contributed by atoms with van der Waals surface area (Å²) in [7, 11) is 0. The lowest BCUT2D eigenvalue weighted by Gasteiger charge is -2.35. The molecule has 2 atom stereocenters. The van der Waals surface area contributed by atoms with Gasteiger partial charge in [0.25, 0.3) is 11.5 Å². The van der Waals surface area contributed by atoms with Gasteiger partial charge in [-0.25, -0.2) is 0 Å². The Morgan fingerprint density at radius 3 is 2.39 bits per heavy atom. The van der Waals surface area contributed by atoms with Gasteiger partial charge in [-0.1, -0.05) is 18.2 Å². The molecular formula is C17H19N3O3. The van der Waals surface area contributed by atoms with Crippen LogP contribution in [-0.4, -0.2) is 45.9 Å². The summed E-state index contributed by atoms with van der Waals surface area (Å²) in [6, 6.07) is 11.9. The number of hydrogen-bond acceptors (Lipinski definition) is 4. The number of benzene rings is 1. The molecule has 0 radical (unpaired) electrons. The Hall–Kier alpha value is -2.47. The van der Waals surface area contributed by atoms with Crippen LogP contribution in [-0.2, 0) is 4.74 Å². The summed E-state index contributed by atoms with van der Waals surface area (Å²) < 4.78 is 6.90. The normalized spacial score (nSPS) is 21.2. The van der Waals surface area contributed by atoms with E-state index < -0.39 is 0 Å². The fourth-order valence-electron chi connectivity index (χ4n) is 2.79. The van der Waals surface area contributed by atoms with E-state index in [2.05, 4.69) is 5.10 Å². The number of carbonyl (C=O) groups excluding carboxylic acids is 1. The maximum absolute atomic E-state index is 12.7. The minimum Gasteiger partial charge on any atom is -0.372 e. The van der Waals surface area contributed by atoms with Gasteiger partial charge in [-0.2, -0.15) is 9.78 Å². The lowest BCUT2D eigenvalue weighted by molar-refractivity contribution is -0.0587. The zero-order valence-electron chi connectivity index (χ0n) is 13.2. The van der Waals surface area contributed by atoms with Crippen molar-refractivity contribution in [3.63, 3.8) is 0 Å². The second kappa shape index (κ2) is 6.34. The summed E-state index contributed by atoms with van der Waals surface area (Å²) in [6.07, 6.45) is -0.0227. The number of amides is 1. The van der Waals surface area contributed by atoms with Gasteiger partial charge in [0, 0.05) is 19.2 Å². The Morgan fingerprint density at radius 1 is 1.09 bits per heavy atom. The first-order chi connectivity index (χ1) is 11.0. The molecule has 3 rings (SSSR count). The number of carbonyl (C=O) groups is 1. The molecule has 6 heteroatoms. The average molecular weight is 313 g/mol. The monoisotopic (exact) mass is 313 g/mol. The van der Waals surface area contributed by atoms with Crippen LogP contribution in [0, 0.1) is 0 Å². The van der Waals surface area contributed by atoms with Crippen LogP contribution in [0.4, 0.5) is 0 Å². The van der Waals surface area contributed by atoms with Crippen molar-refractivity contribution in [2.24, 2.45) is 0 Å². The maximum atomic E-state index is 12.7. The number of aromatic nitrogens is 2. The minimum atomic E-state index is -0.267. The molecule has 1 amide bonds. The van der Waals surface area contributed by atoms with Crippen LogP contribution in [0.5, 0.6) is 0 Å². The molecule has 2 heterocycles. The molecule has 0 saturated carbocycles. The molecule has 0 N–H and O–H groups in total. The van der Waals surface area contributed by atoms with E-state index in [0.717, 1.165) is 0 Å². The SMILES string of the molecule is C[C@@H]1CN(C(=O)c2ccc(=O)n(-c3ccccc3)n2)C[C@H](C)O1. The predicted octanol–water partition coefficient (Wildman–Crippen LogP) is 1.48. The standard InChI is InChI=1S/C17H19N3O3/c1-12-10-19(11-13(2)23-12)17(22)15-8-9-16(21)20(18-15)14-6-4-3-5-7-14/h3-9,12-13H,10-11H2,1-2H3/t12-,13+. The summed E-state index contributed by atoms with van der Waals surface area (Å²) in [5.74, 6) is -0.184. The highest BCUT2D eigenvalue weighted by atomic mass is 16.5. The first-order valence-electron chi connectivity index (χ1n) is 7.65. The molecule has 2 aromatic rings. The van der Waals surface area contributed by atoms with Crippen molar-refractivity contribution in [1.82, 2.24) is 14.7 Å². The third-order valence-electron chi connectivity index (χ3n) is 3.73. The number of morpholine rings is 1. The second-order valence-corrected chi connectivity index (χ2v) is 5.77. The van der Waals surface area contributed by atoms with Crippen LogP contribution in [0.1, 0.15) is 24.3 Å². The fraction of sp³-hybridized carbons (Fsp3) is 0.353. The Bertz CT molecular complexity index is 747. The van der Waals surface area contributed by atoms with Gasteiger partial charge in [0.2, 0.25) is 0 Å². The van der Waals surface area contributed by atoms with E-state index in [0.29, 0.717) is 18.8 Å². The van der Waals surface area contributed by atoms with Crippen molar-refractivity contribution in [1.29, 1.82) is 0 Å². The third kappa shape index (κ3) is 3.32. The van der Waals surface area contributed by atoms with Gasteiger partial charge >= 0.3 is 0 Å². The molecule has 0 bridgehead atoms. The molecule has 1 fully saturated rings. The maximum Gasteiger partial charge on any atom is 0.274 e. The molecule has 0 unspecified atom stereocenters. The molecule has 1 aromatic carbocycles. The van der Waals surface area contributed by atoms with Gasteiger partial charge < -0.3 is 9.64 Å². The van der Waals surface area contributed by atoms with Crippen molar-refractivity contribution in [2.45, 2.75) is 26.1 Å². The van der Waals surface area contributed by atoms with Crippen molar-refractivity contribution in [3.8, 4) is 5.69 Å². The summed E-state index contributed by atoms with van der Waals surface area (Å²) in [5.41, 5.74) is 0.627. The van der Waals surface area contributed by atoms with Crippen LogP contribution < -0.4 is 5.56 Å². The van der Waals surface area contributed by atoms with Gasteiger partial charge in [0.15, 0.2) is 0 Å². The Kier molecular flexibility index (Phi) is 4.25. The molecule has 6 nitrogen and oxygen atoms in total. The third-order valence-corrected chi connectivity index (χ3v) is 3.73. The fourth-order valence-corrected chi connectivity index (χ4v) is 2.79. The van der Waals surface area contributed by atoms with Crippen molar-refractivity contribution < 1.29 is 9.53 Å². The molecule has 1 saturated heterocycles. The van der Waals surface area contributed by atoms with E-state index in [-0.39, 0.29) is 29.4 Å². The summed E-state index contributed by atoms with van der Waals surface area (Å²) in [4.78, 5) is 26.4. The van der Waals surface area contributed by atoms with E-state index in [1.165, 1.54) is 16.8 Å². The highest BCUT2D eigenvalue weighted by Gasteiger charge is 2.27. The van der Waals surface area contributed by atoms with Crippen LogP contribution in [0.2, 0.25) is 0 Å². The minimum absolute atomic E-state index is 0.0114. The Labute approximate surface area is 134 Å². The van der Waals surface area contributed by atoms with Gasteiger partial charge in [-0.05, 0) is 32.0 Å². The van der Waals surface area contributed by atoms with Crippen LogP contribution in [0.3, 0.4) is 0 Å². The molecular weight excluding hydrogens is 294 g/mol. The molecule has 1 aliphatic heterocycles. The molecule has 23 heavy (non-hydrogen) atoms. The van der Waals surface area contributed by atoms with Crippen molar-refractivity contribution in [2.75, 3.05) is 13.1 Å². The van der Waals surface area contributed by atoms with Gasteiger partial charge in [0.1, 0.15) is 5.69 Å². The first kappa shape index (κ1) is 15.4. The van der Waals surface area contributed by atoms with Gasteiger partial charge in [-0.15, -0.1) is 0 Å². The van der Waals surface area contributed by atoms with Crippen LogP contribution in [0.15, 0.2) is 47.3 Å². The van der Waals surface area contributed by atoms with E-state index >= 15 is 0 Å². The topological polar surface area (TPSA) is 64.4 Å².